The first-order valence-corrected chi connectivity index (χ1v) is 10.0. The first-order valence-electron chi connectivity index (χ1n) is 10.0. The van der Waals surface area contributed by atoms with E-state index in [1.165, 1.54) is 6.07 Å². The van der Waals surface area contributed by atoms with E-state index in [0.717, 1.165) is 28.6 Å². The number of carbonyl (C=O) groups excluding carboxylic acids is 1. The van der Waals surface area contributed by atoms with Gasteiger partial charge in [-0.15, -0.1) is 0 Å². The van der Waals surface area contributed by atoms with Crippen LogP contribution in [0.3, 0.4) is 0 Å². The number of fused-ring (bicyclic) bond motifs is 1. The Labute approximate surface area is 166 Å². The van der Waals surface area contributed by atoms with Crippen LogP contribution in [0.4, 0.5) is 4.39 Å². The van der Waals surface area contributed by atoms with E-state index in [1.54, 1.807) is 12.1 Å². The molecule has 0 aliphatic carbocycles. The third-order valence-corrected chi connectivity index (χ3v) is 5.56. The molecule has 28 heavy (non-hydrogen) atoms. The third kappa shape index (κ3) is 4.27. The minimum atomic E-state index is -0.280. The molecule has 0 saturated heterocycles. The number of hydrogen-bond acceptors (Lipinski definition) is 1. The minimum absolute atomic E-state index is 0.0104. The van der Waals surface area contributed by atoms with E-state index in [4.69, 9.17) is 0 Å². The summed E-state index contributed by atoms with van der Waals surface area (Å²) in [4.78, 5) is 12.8. The molecule has 0 bridgehead atoms. The molecule has 0 unspecified atom stereocenters. The average molecular weight is 381 g/mol. The molecule has 1 heterocycles. The Morgan fingerprint density at radius 1 is 1.11 bits per heavy atom. The van der Waals surface area contributed by atoms with Crippen molar-refractivity contribution in [2.45, 2.75) is 52.6 Å². The summed E-state index contributed by atoms with van der Waals surface area (Å²) < 4.78 is 16.2. The third-order valence-electron chi connectivity index (χ3n) is 5.56. The number of carbonyl (C=O) groups is 1. The highest BCUT2D eigenvalue weighted by molar-refractivity contribution is 5.86. The smallest absolute Gasteiger partial charge is 0.221 e. The zero-order valence-corrected chi connectivity index (χ0v) is 17.1. The predicted molar refractivity (Wildman–Crippen MR) is 113 cm³/mol. The van der Waals surface area contributed by atoms with Gasteiger partial charge in [0, 0.05) is 42.0 Å². The lowest BCUT2D eigenvalue weighted by Crippen LogP contribution is -2.36. The maximum absolute atomic E-state index is 14.0. The van der Waals surface area contributed by atoms with Crippen molar-refractivity contribution in [1.82, 2.24) is 9.88 Å². The largest absolute Gasteiger partial charge is 0.353 e. The summed E-state index contributed by atoms with van der Waals surface area (Å²) in [5.41, 5.74) is 3.03. The molecule has 3 nitrogen and oxygen atoms in total. The van der Waals surface area contributed by atoms with Crippen molar-refractivity contribution >= 4 is 16.8 Å². The molecule has 0 aliphatic heterocycles. The number of halogens is 1. The normalized spacial score (nSPS) is 13.6. The van der Waals surface area contributed by atoms with Gasteiger partial charge in [0.15, 0.2) is 0 Å². The maximum Gasteiger partial charge on any atom is 0.221 e. The van der Waals surface area contributed by atoms with Gasteiger partial charge in [-0.3, -0.25) is 4.79 Å². The van der Waals surface area contributed by atoms with Gasteiger partial charge >= 0.3 is 0 Å². The summed E-state index contributed by atoms with van der Waals surface area (Å²) in [6, 6.07) is 14.9. The summed E-state index contributed by atoms with van der Waals surface area (Å²) in [5, 5.41) is 4.21. The van der Waals surface area contributed by atoms with E-state index in [0.29, 0.717) is 5.92 Å². The minimum Gasteiger partial charge on any atom is -0.353 e. The van der Waals surface area contributed by atoms with Crippen molar-refractivity contribution in [2.24, 2.45) is 5.92 Å². The van der Waals surface area contributed by atoms with Gasteiger partial charge in [0.25, 0.3) is 0 Å². The molecule has 3 aromatic rings. The predicted octanol–water partition coefficient (Wildman–Crippen LogP) is 5.48. The molecule has 2 atom stereocenters. The summed E-state index contributed by atoms with van der Waals surface area (Å²) in [6.45, 7) is 9.13. The molecule has 1 amide bonds. The molecule has 1 N–H and O–H groups in total. The van der Waals surface area contributed by atoms with E-state index in [2.05, 4.69) is 49.0 Å². The Morgan fingerprint density at radius 2 is 1.86 bits per heavy atom. The quantitative estimate of drug-likeness (QED) is 0.578. The Bertz CT molecular complexity index is 960. The maximum atomic E-state index is 14.0. The molecule has 0 spiro atoms. The number of nitrogens with zero attached hydrogens (tertiary/aromatic N) is 1. The fraction of sp³-hybridized carbons (Fsp3) is 0.375. The molecule has 0 fully saturated rings. The Morgan fingerprint density at radius 3 is 2.54 bits per heavy atom. The van der Waals surface area contributed by atoms with E-state index in [-0.39, 0.29) is 30.1 Å². The van der Waals surface area contributed by atoms with Crippen LogP contribution in [-0.4, -0.2) is 16.5 Å². The van der Waals surface area contributed by atoms with Crippen LogP contribution in [0.2, 0.25) is 0 Å². The number of hydrogen-bond donors (Lipinski definition) is 1. The van der Waals surface area contributed by atoms with E-state index in [9.17, 15) is 9.18 Å². The first-order chi connectivity index (χ1) is 13.4. The molecule has 0 radical (unpaired) electrons. The highest BCUT2D eigenvalue weighted by Gasteiger charge is 2.24. The summed E-state index contributed by atoms with van der Waals surface area (Å²) in [5.74, 6) is -0.132. The van der Waals surface area contributed by atoms with Crippen molar-refractivity contribution in [3.8, 4) is 0 Å². The highest BCUT2D eigenvalue weighted by Crippen LogP contribution is 2.35. The van der Waals surface area contributed by atoms with E-state index < -0.39 is 0 Å². The van der Waals surface area contributed by atoms with Crippen LogP contribution in [0.1, 0.15) is 51.2 Å². The average Bonchev–Trinajstić information content (AvgIpc) is 3.04. The van der Waals surface area contributed by atoms with Crippen molar-refractivity contribution in [3.63, 3.8) is 0 Å². The summed E-state index contributed by atoms with van der Waals surface area (Å²) in [6.07, 6.45) is 2.40. The highest BCUT2D eigenvalue weighted by atomic mass is 19.1. The Hall–Kier alpha value is -2.62. The Balaban J connectivity index is 2.04. The first kappa shape index (κ1) is 20.1. The van der Waals surface area contributed by atoms with Crippen LogP contribution in [0, 0.1) is 11.7 Å². The van der Waals surface area contributed by atoms with Crippen molar-refractivity contribution < 1.29 is 9.18 Å². The molecule has 3 rings (SSSR count). The van der Waals surface area contributed by atoms with Gasteiger partial charge in [0.1, 0.15) is 5.82 Å². The lowest BCUT2D eigenvalue weighted by molar-refractivity contribution is -0.122. The fourth-order valence-corrected chi connectivity index (χ4v) is 3.61. The van der Waals surface area contributed by atoms with Crippen LogP contribution in [0.15, 0.2) is 54.7 Å². The van der Waals surface area contributed by atoms with Crippen molar-refractivity contribution in [3.05, 3.63) is 71.7 Å². The Kier molecular flexibility index (Phi) is 6.18. The standard InChI is InChI=1S/C24H29FN2O/c1-5-27-15-22(20-11-6-7-12-23(20)27)21(18-9-8-10-19(25)13-18)14-24(28)26-17(4)16(2)3/h6-13,15-17,21H,5,14H2,1-4H3,(H,26,28)/t17-,21+/m1/s1. The second kappa shape index (κ2) is 8.59. The fourth-order valence-electron chi connectivity index (χ4n) is 3.61. The van der Waals surface area contributed by atoms with Gasteiger partial charge < -0.3 is 9.88 Å². The molecule has 1 aromatic heterocycles. The van der Waals surface area contributed by atoms with Gasteiger partial charge in [-0.1, -0.05) is 44.2 Å². The zero-order chi connectivity index (χ0) is 20.3. The number of benzene rings is 2. The summed E-state index contributed by atoms with van der Waals surface area (Å²) in [7, 11) is 0. The SMILES string of the molecule is CCn1cc([C@@H](CC(=O)N[C@H](C)C(C)C)c2cccc(F)c2)c2ccccc21. The van der Waals surface area contributed by atoms with Crippen LogP contribution < -0.4 is 5.32 Å². The van der Waals surface area contributed by atoms with Gasteiger partial charge in [-0.2, -0.15) is 0 Å². The number of aromatic nitrogens is 1. The lowest BCUT2D eigenvalue weighted by atomic mass is 9.87. The zero-order valence-electron chi connectivity index (χ0n) is 17.1. The van der Waals surface area contributed by atoms with Crippen molar-refractivity contribution in [2.75, 3.05) is 0 Å². The summed E-state index contributed by atoms with van der Waals surface area (Å²) >= 11 is 0. The van der Waals surface area contributed by atoms with E-state index >= 15 is 0 Å². The molecular weight excluding hydrogens is 351 g/mol. The van der Waals surface area contributed by atoms with Crippen molar-refractivity contribution in [1.29, 1.82) is 0 Å². The molecular formula is C24H29FN2O. The van der Waals surface area contributed by atoms with Gasteiger partial charge in [0.2, 0.25) is 5.91 Å². The molecule has 0 saturated carbocycles. The molecule has 4 heteroatoms. The van der Waals surface area contributed by atoms with Crippen LogP contribution in [0.25, 0.3) is 10.9 Å². The number of amides is 1. The van der Waals surface area contributed by atoms with Gasteiger partial charge in [0.05, 0.1) is 0 Å². The number of aryl methyl sites for hydroxylation is 1. The lowest BCUT2D eigenvalue weighted by Gasteiger charge is -2.21. The van der Waals surface area contributed by atoms with Crippen LogP contribution >= 0.6 is 0 Å². The second-order valence-electron chi connectivity index (χ2n) is 7.80. The van der Waals surface area contributed by atoms with E-state index in [1.807, 2.05) is 25.1 Å². The number of para-hydroxylation sites is 1. The van der Waals surface area contributed by atoms with Crippen LogP contribution in [-0.2, 0) is 11.3 Å². The van der Waals surface area contributed by atoms with Gasteiger partial charge in [-0.25, -0.2) is 4.39 Å². The second-order valence-corrected chi connectivity index (χ2v) is 7.80. The molecule has 148 valence electrons. The molecule has 2 aromatic carbocycles. The number of rotatable bonds is 7. The van der Waals surface area contributed by atoms with Crippen LogP contribution in [0.5, 0.6) is 0 Å². The molecule has 0 aliphatic rings. The number of nitrogens with one attached hydrogen (secondary N) is 1. The topological polar surface area (TPSA) is 34.0 Å². The monoisotopic (exact) mass is 380 g/mol. The van der Waals surface area contributed by atoms with Gasteiger partial charge in [-0.05, 0) is 49.1 Å².